The lowest BCUT2D eigenvalue weighted by atomic mass is 9.92. The van der Waals surface area contributed by atoms with Crippen molar-refractivity contribution in [1.82, 2.24) is 0 Å². The first-order valence-corrected chi connectivity index (χ1v) is 6.09. The topological polar surface area (TPSA) is 80.4 Å². The maximum atomic E-state index is 11.4. The Labute approximate surface area is 115 Å². The van der Waals surface area contributed by atoms with E-state index >= 15 is 0 Å². The number of rotatable bonds is 5. The molecule has 0 amide bonds. The molecule has 0 unspecified atom stereocenters. The lowest BCUT2D eigenvalue weighted by Gasteiger charge is -2.12. The maximum Gasteiger partial charge on any atom is 0.311 e. The molecule has 0 fully saturated rings. The highest BCUT2D eigenvalue weighted by Crippen LogP contribution is 2.22. The van der Waals surface area contributed by atoms with E-state index in [1.165, 1.54) is 12.1 Å². The molecule has 2 aromatic carbocycles. The number of nitrogens with zero attached hydrogens (tertiary/aromatic N) is 1. The molecular formula is C15H13NO4. The fourth-order valence-electron chi connectivity index (χ4n) is 2.02. The Kier molecular flexibility index (Phi) is 4.10. The van der Waals surface area contributed by atoms with Crippen LogP contribution >= 0.6 is 0 Å². The van der Waals surface area contributed by atoms with E-state index < -0.39 is 16.8 Å². The molecule has 0 bridgehead atoms. The molecule has 0 saturated heterocycles. The predicted molar refractivity (Wildman–Crippen MR) is 73.6 cm³/mol. The quantitative estimate of drug-likeness (QED) is 0.669. The van der Waals surface area contributed by atoms with Gasteiger partial charge in [0, 0.05) is 12.1 Å². The average molecular weight is 271 g/mol. The van der Waals surface area contributed by atoms with Crippen molar-refractivity contribution in [3.05, 3.63) is 75.8 Å². The summed E-state index contributed by atoms with van der Waals surface area (Å²) < 4.78 is 0. The molecule has 0 radical (unpaired) electrons. The minimum Gasteiger partial charge on any atom is -0.481 e. The van der Waals surface area contributed by atoms with Crippen molar-refractivity contribution in [3.63, 3.8) is 0 Å². The minimum atomic E-state index is -0.908. The summed E-state index contributed by atoms with van der Waals surface area (Å²) in [5.41, 5.74) is 1.48. The second-order valence-electron chi connectivity index (χ2n) is 4.43. The van der Waals surface area contributed by atoms with Crippen molar-refractivity contribution in [2.75, 3.05) is 0 Å². The van der Waals surface area contributed by atoms with Crippen LogP contribution in [0.4, 0.5) is 5.69 Å². The fraction of sp³-hybridized carbons (Fsp3) is 0.133. The van der Waals surface area contributed by atoms with E-state index in [4.69, 9.17) is 0 Å². The van der Waals surface area contributed by atoms with Gasteiger partial charge in [-0.3, -0.25) is 14.9 Å². The third-order valence-corrected chi connectivity index (χ3v) is 3.09. The summed E-state index contributed by atoms with van der Waals surface area (Å²) in [6.45, 7) is 0. The number of hydrogen-bond acceptors (Lipinski definition) is 3. The van der Waals surface area contributed by atoms with Gasteiger partial charge in [-0.25, -0.2) is 0 Å². The van der Waals surface area contributed by atoms with Crippen molar-refractivity contribution in [2.24, 2.45) is 0 Å². The number of hydrogen-bond donors (Lipinski definition) is 1. The van der Waals surface area contributed by atoms with Gasteiger partial charge in [-0.15, -0.1) is 0 Å². The number of carboxylic acids is 1. The number of benzene rings is 2. The second-order valence-corrected chi connectivity index (χ2v) is 4.43. The second kappa shape index (κ2) is 5.97. The molecule has 2 rings (SSSR count). The summed E-state index contributed by atoms with van der Waals surface area (Å²) in [4.78, 5) is 21.5. The van der Waals surface area contributed by atoms with Gasteiger partial charge < -0.3 is 5.11 Å². The number of carbonyl (C=O) groups is 1. The molecular weight excluding hydrogens is 258 g/mol. The zero-order valence-corrected chi connectivity index (χ0v) is 10.6. The van der Waals surface area contributed by atoms with Gasteiger partial charge in [0.25, 0.3) is 5.69 Å². The molecule has 1 N–H and O–H groups in total. The van der Waals surface area contributed by atoms with Gasteiger partial charge in [0.05, 0.1) is 10.8 Å². The van der Waals surface area contributed by atoms with Crippen LogP contribution < -0.4 is 0 Å². The van der Waals surface area contributed by atoms with Crippen LogP contribution in [0.15, 0.2) is 54.6 Å². The Hall–Kier alpha value is -2.69. The van der Waals surface area contributed by atoms with Crippen molar-refractivity contribution in [2.45, 2.75) is 12.3 Å². The third-order valence-electron chi connectivity index (χ3n) is 3.09. The molecule has 0 aromatic heterocycles. The van der Waals surface area contributed by atoms with Crippen molar-refractivity contribution >= 4 is 11.7 Å². The number of nitro groups is 1. The average Bonchev–Trinajstić information content (AvgIpc) is 2.46. The van der Waals surface area contributed by atoms with E-state index in [-0.39, 0.29) is 5.69 Å². The first-order chi connectivity index (χ1) is 9.58. The molecule has 0 heterocycles. The largest absolute Gasteiger partial charge is 0.481 e. The van der Waals surface area contributed by atoms with E-state index in [0.29, 0.717) is 6.42 Å². The standard InChI is InChI=1S/C15H13NO4/c17-15(18)14(12-4-2-1-3-5-12)10-11-6-8-13(9-7-11)16(19)20/h1-9,14H,10H2,(H,17,18)/t14-/m1/s1. The Morgan fingerprint density at radius 1 is 1.10 bits per heavy atom. The van der Waals surface area contributed by atoms with Gasteiger partial charge in [-0.2, -0.15) is 0 Å². The highest BCUT2D eigenvalue weighted by Gasteiger charge is 2.20. The molecule has 0 aliphatic carbocycles. The van der Waals surface area contributed by atoms with E-state index in [2.05, 4.69) is 0 Å². The maximum absolute atomic E-state index is 11.4. The van der Waals surface area contributed by atoms with Crippen LogP contribution in [-0.4, -0.2) is 16.0 Å². The number of aliphatic carboxylic acids is 1. The predicted octanol–water partition coefficient (Wildman–Crippen LogP) is 3.01. The zero-order chi connectivity index (χ0) is 14.5. The Morgan fingerprint density at radius 2 is 1.70 bits per heavy atom. The van der Waals surface area contributed by atoms with Crippen LogP contribution in [0.25, 0.3) is 0 Å². The number of nitro benzene ring substituents is 1. The van der Waals surface area contributed by atoms with Gasteiger partial charge >= 0.3 is 5.97 Å². The molecule has 5 nitrogen and oxygen atoms in total. The van der Waals surface area contributed by atoms with Gasteiger partial charge in [0.1, 0.15) is 0 Å². The Bertz CT molecular complexity index is 608. The summed E-state index contributed by atoms with van der Waals surface area (Å²) in [5, 5.41) is 19.9. The summed E-state index contributed by atoms with van der Waals surface area (Å²) in [7, 11) is 0. The molecule has 0 aliphatic heterocycles. The molecule has 1 atom stereocenters. The van der Waals surface area contributed by atoms with E-state index in [0.717, 1.165) is 11.1 Å². The van der Waals surface area contributed by atoms with Crippen LogP contribution in [0.5, 0.6) is 0 Å². The normalized spacial score (nSPS) is 11.8. The molecule has 102 valence electrons. The van der Waals surface area contributed by atoms with Crippen LogP contribution in [0.1, 0.15) is 17.0 Å². The summed E-state index contributed by atoms with van der Waals surface area (Å²) >= 11 is 0. The minimum absolute atomic E-state index is 0.000311. The van der Waals surface area contributed by atoms with Gasteiger partial charge in [-0.1, -0.05) is 42.5 Å². The van der Waals surface area contributed by atoms with E-state index in [1.54, 1.807) is 36.4 Å². The number of non-ortho nitro benzene ring substituents is 1. The van der Waals surface area contributed by atoms with Crippen LogP contribution in [0.3, 0.4) is 0 Å². The van der Waals surface area contributed by atoms with Crippen molar-refractivity contribution in [1.29, 1.82) is 0 Å². The van der Waals surface area contributed by atoms with Crippen molar-refractivity contribution in [3.8, 4) is 0 Å². The SMILES string of the molecule is O=C(O)[C@H](Cc1ccc([N+](=O)[O-])cc1)c1ccccc1. The number of carboxylic acid groups (broad SMARTS) is 1. The van der Waals surface area contributed by atoms with E-state index in [1.807, 2.05) is 6.07 Å². The Morgan fingerprint density at radius 3 is 2.20 bits per heavy atom. The summed E-state index contributed by atoms with van der Waals surface area (Å²) in [6.07, 6.45) is 0.303. The lowest BCUT2D eigenvalue weighted by molar-refractivity contribution is -0.384. The zero-order valence-electron chi connectivity index (χ0n) is 10.6. The van der Waals surface area contributed by atoms with Gasteiger partial charge in [0.2, 0.25) is 0 Å². The first kappa shape index (κ1) is 13.7. The first-order valence-electron chi connectivity index (χ1n) is 6.09. The molecule has 20 heavy (non-hydrogen) atoms. The van der Waals surface area contributed by atoms with Crippen molar-refractivity contribution < 1.29 is 14.8 Å². The molecule has 0 aliphatic rings. The lowest BCUT2D eigenvalue weighted by Crippen LogP contribution is -2.14. The smallest absolute Gasteiger partial charge is 0.311 e. The molecule has 5 heteroatoms. The van der Waals surface area contributed by atoms with E-state index in [9.17, 15) is 20.0 Å². The summed E-state index contributed by atoms with van der Waals surface area (Å²) in [5.74, 6) is -1.56. The Balaban J connectivity index is 2.21. The van der Waals surface area contributed by atoms with Crippen LogP contribution in [0.2, 0.25) is 0 Å². The highest BCUT2D eigenvalue weighted by molar-refractivity contribution is 5.76. The monoisotopic (exact) mass is 271 g/mol. The van der Waals surface area contributed by atoms with Crippen LogP contribution in [-0.2, 0) is 11.2 Å². The van der Waals surface area contributed by atoms with Crippen LogP contribution in [0, 0.1) is 10.1 Å². The fourth-order valence-corrected chi connectivity index (χ4v) is 2.02. The highest BCUT2D eigenvalue weighted by atomic mass is 16.6. The molecule has 2 aromatic rings. The van der Waals surface area contributed by atoms with Gasteiger partial charge in [0.15, 0.2) is 0 Å². The molecule has 0 saturated carbocycles. The summed E-state index contributed by atoms with van der Waals surface area (Å²) in [6, 6.07) is 14.9. The molecule has 0 spiro atoms. The third kappa shape index (κ3) is 3.20. The van der Waals surface area contributed by atoms with Gasteiger partial charge in [-0.05, 0) is 17.5 Å².